The van der Waals surface area contributed by atoms with Gasteiger partial charge in [-0.2, -0.15) is 0 Å². The van der Waals surface area contributed by atoms with Crippen molar-refractivity contribution in [3.63, 3.8) is 0 Å². The standard InChI is InChI=1S/C11H23N2/c1-6-9-7-8-10(11(2,3)4)13(5)12-9/h9-10H,6-8H2,1-5H3/q-1. The minimum atomic E-state index is 0.358. The van der Waals surface area contributed by atoms with Crippen LogP contribution in [-0.4, -0.2) is 24.1 Å². The molecule has 0 spiro atoms. The summed E-state index contributed by atoms with van der Waals surface area (Å²) < 4.78 is 0. The Balaban J connectivity index is 2.53. The molecule has 0 bridgehead atoms. The molecule has 0 radical (unpaired) electrons. The fourth-order valence-corrected chi connectivity index (χ4v) is 2.21. The van der Waals surface area contributed by atoms with Crippen LogP contribution in [0.5, 0.6) is 0 Å². The van der Waals surface area contributed by atoms with Gasteiger partial charge in [0, 0.05) is 0 Å². The Bertz CT molecular complexity index is 160. The van der Waals surface area contributed by atoms with Crippen molar-refractivity contribution in [2.45, 2.75) is 59.0 Å². The molecular weight excluding hydrogens is 160 g/mol. The van der Waals surface area contributed by atoms with E-state index >= 15 is 0 Å². The summed E-state index contributed by atoms with van der Waals surface area (Å²) in [6.45, 7) is 9.13. The van der Waals surface area contributed by atoms with Gasteiger partial charge in [0.1, 0.15) is 0 Å². The topological polar surface area (TPSA) is 17.3 Å². The molecule has 0 aromatic heterocycles. The third kappa shape index (κ3) is 2.68. The first-order valence-corrected chi connectivity index (χ1v) is 5.38. The first-order chi connectivity index (χ1) is 5.95. The minimum Gasteiger partial charge on any atom is -0.592 e. The maximum atomic E-state index is 4.68. The summed E-state index contributed by atoms with van der Waals surface area (Å²) in [4.78, 5) is 0. The van der Waals surface area contributed by atoms with Crippen LogP contribution in [0.15, 0.2) is 0 Å². The van der Waals surface area contributed by atoms with Gasteiger partial charge in [-0.05, 0) is 24.9 Å². The zero-order chi connectivity index (χ0) is 10.1. The second kappa shape index (κ2) is 3.97. The first-order valence-electron chi connectivity index (χ1n) is 5.38. The lowest BCUT2D eigenvalue weighted by Crippen LogP contribution is -2.44. The molecule has 0 aliphatic carbocycles. The normalized spacial score (nSPS) is 32.1. The van der Waals surface area contributed by atoms with Gasteiger partial charge in [-0.1, -0.05) is 40.5 Å². The molecule has 2 nitrogen and oxygen atoms in total. The third-order valence-corrected chi connectivity index (χ3v) is 3.04. The van der Waals surface area contributed by atoms with Crippen LogP contribution in [0.3, 0.4) is 0 Å². The van der Waals surface area contributed by atoms with Crippen LogP contribution >= 0.6 is 0 Å². The molecule has 78 valence electrons. The van der Waals surface area contributed by atoms with Gasteiger partial charge < -0.3 is 10.4 Å². The summed E-state index contributed by atoms with van der Waals surface area (Å²) in [5, 5.41) is 2.19. The maximum Gasteiger partial charge on any atom is -0.00308 e. The van der Waals surface area contributed by atoms with Crippen molar-refractivity contribution in [1.82, 2.24) is 5.01 Å². The SMILES string of the molecule is CCC1CCC(C(C)(C)C)N(C)[N-]1. The van der Waals surface area contributed by atoms with Crippen molar-refractivity contribution < 1.29 is 0 Å². The monoisotopic (exact) mass is 183 g/mol. The van der Waals surface area contributed by atoms with E-state index in [1.807, 2.05) is 0 Å². The molecule has 1 heterocycles. The third-order valence-electron chi connectivity index (χ3n) is 3.04. The lowest BCUT2D eigenvalue weighted by Gasteiger charge is -2.55. The average molecular weight is 183 g/mol. The van der Waals surface area contributed by atoms with Crippen molar-refractivity contribution in [3.05, 3.63) is 5.43 Å². The summed E-state index contributed by atoms with van der Waals surface area (Å²) in [6, 6.07) is 1.19. The van der Waals surface area contributed by atoms with Gasteiger partial charge in [0.2, 0.25) is 0 Å². The highest BCUT2D eigenvalue weighted by molar-refractivity contribution is 4.98. The maximum absolute atomic E-state index is 4.68. The molecule has 1 saturated heterocycles. The Labute approximate surface area is 82.7 Å². The van der Waals surface area contributed by atoms with E-state index in [4.69, 9.17) is 0 Å². The van der Waals surface area contributed by atoms with Crippen molar-refractivity contribution in [2.24, 2.45) is 5.41 Å². The van der Waals surface area contributed by atoms with Crippen molar-refractivity contribution in [2.75, 3.05) is 7.05 Å². The highest BCUT2D eigenvalue weighted by Crippen LogP contribution is 2.35. The Morgan fingerprint density at radius 2 is 1.92 bits per heavy atom. The van der Waals surface area contributed by atoms with Gasteiger partial charge in [-0.3, -0.25) is 0 Å². The molecule has 2 unspecified atom stereocenters. The minimum absolute atomic E-state index is 0.358. The molecule has 0 amide bonds. The lowest BCUT2D eigenvalue weighted by molar-refractivity contribution is 0.113. The van der Waals surface area contributed by atoms with Crippen LogP contribution in [0.1, 0.15) is 47.0 Å². The molecule has 0 N–H and O–H groups in total. The van der Waals surface area contributed by atoms with Crippen molar-refractivity contribution in [1.29, 1.82) is 0 Å². The Hall–Kier alpha value is -0.0800. The quantitative estimate of drug-likeness (QED) is 0.610. The lowest BCUT2D eigenvalue weighted by atomic mass is 9.81. The molecule has 1 aliphatic rings. The fourth-order valence-electron chi connectivity index (χ4n) is 2.21. The van der Waals surface area contributed by atoms with Gasteiger partial charge in [-0.25, -0.2) is 0 Å². The Kier molecular flexibility index (Phi) is 3.36. The Morgan fingerprint density at radius 3 is 2.31 bits per heavy atom. The van der Waals surface area contributed by atoms with E-state index in [-0.39, 0.29) is 0 Å². The molecule has 13 heavy (non-hydrogen) atoms. The van der Waals surface area contributed by atoms with E-state index in [1.54, 1.807) is 0 Å². The molecular formula is C11H23N2-. The van der Waals surface area contributed by atoms with E-state index in [0.717, 1.165) is 0 Å². The molecule has 1 rings (SSSR count). The van der Waals surface area contributed by atoms with E-state index in [0.29, 0.717) is 17.5 Å². The summed E-state index contributed by atoms with van der Waals surface area (Å²) >= 11 is 0. The first kappa shape index (κ1) is 11.0. The van der Waals surface area contributed by atoms with E-state index < -0.39 is 0 Å². The second-order valence-electron chi connectivity index (χ2n) is 5.21. The zero-order valence-electron chi connectivity index (χ0n) is 9.67. The van der Waals surface area contributed by atoms with Crippen LogP contribution < -0.4 is 0 Å². The predicted molar refractivity (Wildman–Crippen MR) is 57.7 cm³/mol. The molecule has 1 aliphatic heterocycles. The van der Waals surface area contributed by atoms with Crippen molar-refractivity contribution >= 4 is 0 Å². The van der Waals surface area contributed by atoms with Crippen LogP contribution in [-0.2, 0) is 0 Å². The second-order valence-corrected chi connectivity index (χ2v) is 5.21. The number of hydrogen-bond donors (Lipinski definition) is 0. The van der Waals surface area contributed by atoms with E-state index in [1.165, 1.54) is 19.3 Å². The predicted octanol–water partition coefficient (Wildman–Crippen LogP) is 3.19. The largest absolute Gasteiger partial charge is 0.592 e. The highest BCUT2D eigenvalue weighted by Gasteiger charge is 2.27. The summed E-state index contributed by atoms with van der Waals surface area (Å²) in [7, 11) is 2.12. The van der Waals surface area contributed by atoms with Crippen LogP contribution in [0, 0.1) is 5.41 Å². The molecule has 2 atom stereocenters. The van der Waals surface area contributed by atoms with Crippen LogP contribution in [0.25, 0.3) is 5.43 Å². The van der Waals surface area contributed by atoms with Gasteiger partial charge in [-0.15, -0.1) is 6.04 Å². The van der Waals surface area contributed by atoms with Gasteiger partial charge in [0.25, 0.3) is 0 Å². The summed E-state index contributed by atoms with van der Waals surface area (Å²) in [5.74, 6) is 0. The van der Waals surface area contributed by atoms with Crippen LogP contribution in [0.4, 0.5) is 0 Å². The summed E-state index contributed by atoms with van der Waals surface area (Å²) in [5.41, 5.74) is 5.04. The molecule has 2 heteroatoms. The van der Waals surface area contributed by atoms with Crippen LogP contribution in [0.2, 0.25) is 0 Å². The fraction of sp³-hybridized carbons (Fsp3) is 1.00. The Morgan fingerprint density at radius 1 is 1.31 bits per heavy atom. The average Bonchev–Trinajstić information content (AvgIpc) is 2.01. The number of hydrogen-bond acceptors (Lipinski definition) is 1. The van der Waals surface area contributed by atoms with E-state index in [9.17, 15) is 0 Å². The van der Waals surface area contributed by atoms with Gasteiger partial charge in [0.15, 0.2) is 0 Å². The molecule has 0 saturated carbocycles. The van der Waals surface area contributed by atoms with Gasteiger partial charge in [0.05, 0.1) is 0 Å². The van der Waals surface area contributed by atoms with E-state index in [2.05, 4.69) is 45.2 Å². The summed E-state index contributed by atoms with van der Waals surface area (Å²) in [6.07, 6.45) is 3.74. The number of nitrogens with zero attached hydrogens (tertiary/aromatic N) is 2. The highest BCUT2D eigenvalue weighted by atomic mass is 15.5. The molecule has 0 aromatic rings. The van der Waals surface area contributed by atoms with Gasteiger partial charge >= 0.3 is 0 Å². The molecule has 0 aromatic carbocycles. The van der Waals surface area contributed by atoms with Crippen molar-refractivity contribution in [3.8, 4) is 0 Å². The molecule has 1 fully saturated rings. The zero-order valence-corrected chi connectivity index (χ0v) is 9.67. The number of rotatable bonds is 1. The smallest absolute Gasteiger partial charge is 0.00308 e.